The molecule has 31 heavy (non-hydrogen) atoms. The Kier molecular flexibility index (Phi) is 6.18. The fraction of sp³-hybridized carbons (Fsp3) is 0.273. The van der Waals surface area contributed by atoms with E-state index >= 15 is 0 Å². The molecule has 0 bridgehead atoms. The second-order valence-corrected chi connectivity index (χ2v) is 7.73. The van der Waals surface area contributed by atoms with Gasteiger partial charge in [0.2, 0.25) is 11.8 Å². The summed E-state index contributed by atoms with van der Waals surface area (Å²) in [4.78, 5) is 45.1. The SMILES string of the molecule is O=C(Cn1c(=O)cnc2ccccc21)NCC(=O)N1CCN(c2ccc(Cl)cc2)CC1. The third-order valence-electron chi connectivity index (χ3n) is 5.32. The Hall–Kier alpha value is -3.39. The summed E-state index contributed by atoms with van der Waals surface area (Å²) in [6.07, 6.45) is 1.20. The van der Waals surface area contributed by atoms with Gasteiger partial charge in [0.25, 0.3) is 5.56 Å². The molecular weight excluding hydrogens is 418 g/mol. The third-order valence-corrected chi connectivity index (χ3v) is 5.57. The molecule has 0 unspecified atom stereocenters. The van der Waals surface area contributed by atoms with Crippen LogP contribution in [0.5, 0.6) is 0 Å². The summed E-state index contributed by atoms with van der Waals surface area (Å²) in [6.45, 7) is 2.30. The van der Waals surface area contributed by atoms with Gasteiger partial charge in [-0.3, -0.25) is 19.0 Å². The number of hydrogen-bond acceptors (Lipinski definition) is 5. The summed E-state index contributed by atoms with van der Waals surface area (Å²) in [5, 5.41) is 3.32. The van der Waals surface area contributed by atoms with E-state index in [-0.39, 0.29) is 24.6 Å². The molecule has 0 saturated carbocycles. The van der Waals surface area contributed by atoms with Crippen molar-refractivity contribution in [3.05, 3.63) is 70.1 Å². The number of anilines is 1. The van der Waals surface area contributed by atoms with E-state index in [4.69, 9.17) is 11.6 Å². The molecular formula is C22H22ClN5O3. The molecule has 1 fully saturated rings. The van der Waals surface area contributed by atoms with Gasteiger partial charge in [0, 0.05) is 36.9 Å². The number of carbonyl (C=O) groups excluding carboxylic acids is 2. The molecule has 2 amide bonds. The van der Waals surface area contributed by atoms with E-state index in [1.807, 2.05) is 30.3 Å². The summed E-state index contributed by atoms with van der Waals surface area (Å²) in [6, 6.07) is 14.7. The average molecular weight is 440 g/mol. The highest BCUT2D eigenvalue weighted by molar-refractivity contribution is 6.30. The van der Waals surface area contributed by atoms with Gasteiger partial charge in [-0.2, -0.15) is 0 Å². The van der Waals surface area contributed by atoms with E-state index in [0.29, 0.717) is 42.2 Å². The van der Waals surface area contributed by atoms with Crippen LogP contribution in [0, 0.1) is 0 Å². The number of carbonyl (C=O) groups is 2. The van der Waals surface area contributed by atoms with E-state index in [0.717, 1.165) is 5.69 Å². The Balaban J connectivity index is 1.30. The second-order valence-electron chi connectivity index (χ2n) is 7.29. The molecule has 1 N–H and O–H groups in total. The van der Waals surface area contributed by atoms with Crippen LogP contribution >= 0.6 is 11.6 Å². The van der Waals surface area contributed by atoms with Gasteiger partial charge in [-0.05, 0) is 36.4 Å². The van der Waals surface area contributed by atoms with Gasteiger partial charge in [0.1, 0.15) is 6.54 Å². The molecule has 1 aliphatic rings. The number of benzene rings is 2. The molecule has 3 aromatic rings. The number of aromatic nitrogens is 2. The van der Waals surface area contributed by atoms with Crippen LogP contribution in [0.25, 0.3) is 11.0 Å². The summed E-state index contributed by atoms with van der Waals surface area (Å²) >= 11 is 5.94. The molecule has 0 radical (unpaired) electrons. The maximum absolute atomic E-state index is 12.5. The van der Waals surface area contributed by atoms with Gasteiger partial charge < -0.3 is 15.1 Å². The normalized spacial score (nSPS) is 14.0. The molecule has 4 rings (SSSR count). The van der Waals surface area contributed by atoms with Crippen molar-refractivity contribution in [1.29, 1.82) is 0 Å². The first-order valence-corrected chi connectivity index (χ1v) is 10.4. The zero-order valence-electron chi connectivity index (χ0n) is 16.8. The van der Waals surface area contributed by atoms with Gasteiger partial charge in [-0.25, -0.2) is 4.98 Å². The highest BCUT2D eigenvalue weighted by atomic mass is 35.5. The van der Waals surface area contributed by atoms with Crippen molar-refractivity contribution in [2.24, 2.45) is 0 Å². The smallest absolute Gasteiger partial charge is 0.269 e. The molecule has 1 aliphatic heterocycles. The lowest BCUT2D eigenvalue weighted by molar-refractivity contribution is -0.133. The summed E-state index contributed by atoms with van der Waals surface area (Å²) in [7, 11) is 0. The monoisotopic (exact) mass is 439 g/mol. The minimum atomic E-state index is -0.397. The zero-order valence-corrected chi connectivity index (χ0v) is 17.6. The zero-order chi connectivity index (χ0) is 21.8. The Morgan fingerprint density at radius 1 is 1.00 bits per heavy atom. The topological polar surface area (TPSA) is 87.5 Å². The maximum atomic E-state index is 12.5. The highest BCUT2D eigenvalue weighted by Gasteiger charge is 2.21. The van der Waals surface area contributed by atoms with Crippen LogP contribution in [0.4, 0.5) is 5.69 Å². The van der Waals surface area contributed by atoms with E-state index in [2.05, 4.69) is 15.2 Å². The van der Waals surface area contributed by atoms with Crippen LogP contribution in [0.15, 0.2) is 59.5 Å². The number of hydrogen-bond donors (Lipinski definition) is 1. The molecule has 0 aliphatic carbocycles. The van der Waals surface area contributed by atoms with E-state index in [1.54, 1.807) is 23.1 Å². The number of piperazine rings is 1. The first-order chi connectivity index (χ1) is 15.0. The average Bonchev–Trinajstić information content (AvgIpc) is 2.80. The summed E-state index contributed by atoms with van der Waals surface area (Å²) < 4.78 is 1.35. The predicted molar refractivity (Wildman–Crippen MR) is 119 cm³/mol. The fourth-order valence-corrected chi connectivity index (χ4v) is 3.76. The molecule has 0 atom stereocenters. The van der Waals surface area contributed by atoms with Gasteiger partial charge in [0.05, 0.1) is 23.8 Å². The number of amides is 2. The van der Waals surface area contributed by atoms with Crippen LogP contribution in [0.2, 0.25) is 5.02 Å². The lowest BCUT2D eigenvalue weighted by atomic mass is 10.2. The number of rotatable bonds is 5. The molecule has 1 aromatic heterocycles. The number of halogens is 1. The molecule has 0 spiro atoms. The minimum absolute atomic E-state index is 0.0997. The van der Waals surface area contributed by atoms with Crippen LogP contribution in [0.1, 0.15) is 0 Å². The standard InChI is InChI=1S/C22H22ClN5O3/c23-16-5-7-17(8-6-16)26-9-11-27(12-10-26)21(30)13-25-20(29)15-28-19-4-2-1-3-18(19)24-14-22(28)31/h1-8,14H,9-13,15H2,(H,25,29). The van der Waals surface area contributed by atoms with Crippen molar-refractivity contribution in [3.63, 3.8) is 0 Å². The lowest BCUT2D eigenvalue weighted by Crippen LogP contribution is -2.51. The van der Waals surface area contributed by atoms with Gasteiger partial charge in [0.15, 0.2) is 0 Å². The Labute approximate surface area is 184 Å². The number of para-hydroxylation sites is 2. The van der Waals surface area contributed by atoms with Crippen LogP contribution < -0.4 is 15.8 Å². The van der Waals surface area contributed by atoms with Crippen molar-refractivity contribution in [1.82, 2.24) is 19.8 Å². The fourth-order valence-electron chi connectivity index (χ4n) is 3.63. The van der Waals surface area contributed by atoms with Gasteiger partial charge in [-0.15, -0.1) is 0 Å². The summed E-state index contributed by atoms with van der Waals surface area (Å²) in [5.74, 6) is -0.539. The van der Waals surface area contributed by atoms with Crippen molar-refractivity contribution in [2.75, 3.05) is 37.6 Å². The molecule has 2 aromatic carbocycles. The van der Waals surface area contributed by atoms with E-state index in [1.165, 1.54) is 10.8 Å². The minimum Gasteiger partial charge on any atom is -0.368 e. The quantitative estimate of drug-likeness (QED) is 0.651. The molecule has 8 nitrogen and oxygen atoms in total. The number of nitrogens with zero attached hydrogens (tertiary/aromatic N) is 4. The Bertz CT molecular complexity index is 1150. The Morgan fingerprint density at radius 2 is 1.71 bits per heavy atom. The predicted octanol–water partition coefficient (Wildman–Crippen LogP) is 1.51. The second kappa shape index (κ2) is 9.18. The molecule has 2 heterocycles. The van der Waals surface area contributed by atoms with Crippen molar-refractivity contribution in [2.45, 2.75) is 6.54 Å². The van der Waals surface area contributed by atoms with E-state index in [9.17, 15) is 14.4 Å². The van der Waals surface area contributed by atoms with Gasteiger partial charge in [-0.1, -0.05) is 23.7 Å². The summed E-state index contributed by atoms with van der Waals surface area (Å²) in [5.41, 5.74) is 1.91. The van der Waals surface area contributed by atoms with E-state index < -0.39 is 5.91 Å². The molecule has 1 saturated heterocycles. The first kappa shape index (κ1) is 20.9. The lowest BCUT2D eigenvalue weighted by Gasteiger charge is -2.36. The highest BCUT2D eigenvalue weighted by Crippen LogP contribution is 2.19. The molecule has 160 valence electrons. The molecule has 9 heteroatoms. The van der Waals surface area contributed by atoms with Crippen molar-refractivity contribution in [3.8, 4) is 0 Å². The van der Waals surface area contributed by atoms with Crippen molar-refractivity contribution < 1.29 is 9.59 Å². The van der Waals surface area contributed by atoms with Crippen LogP contribution in [-0.4, -0.2) is 59.0 Å². The maximum Gasteiger partial charge on any atom is 0.269 e. The van der Waals surface area contributed by atoms with Crippen LogP contribution in [0.3, 0.4) is 0 Å². The first-order valence-electron chi connectivity index (χ1n) is 10.0. The Morgan fingerprint density at radius 3 is 2.45 bits per heavy atom. The third kappa shape index (κ3) is 4.86. The van der Waals surface area contributed by atoms with Crippen molar-refractivity contribution >= 4 is 40.1 Å². The largest absolute Gasteiger partial charge is 0.368 e. The number of nitrogens with one attached hydrogen (secondary N) is 1. The van der Waals surface area contributed by atoms with Crippen LogP contribution in [-0.2, 0) is 16.1 Å². The van der Waals surface area contributed by atoms with Gasteiger partial charge >= 0.3 is 0 Å². The number of fused-ring (bicyclic) bond motifs is 1.